The van der Waals surface area contributed by atoms with Gasteiger partial charge in [-0.1, -0.05) is 15.9 Å². The van der Waals surface area contributed by atoms with Crippen LogP contribution in [0, 0.1) is 24.0 Å². The molecule has 0 radical (unpaired) electrons. The van der Waals surface area contributed by atoms with Gasteiger partial charge in [-0.25, -0.2) is 5.43 Å². The Morgan fingerprint density at radius 3 is 2.62 bits per heavy atom. The van der Waals surface area contributed by atoms with Gasteiger partial charge in [-0.2, -0.15) is 5.10 Å². The number of non-ortho nitro benzene ring substituents is 1. The summed E-state index contributed by atoms with van der Waals surface area (Å²) in [5, 5.41) is 24.1. The predicted molar refractivity (Wildman–Crippen MR) is 99.6 cm³/mol. The Morgan fingerprint density at radius 2 is 2.00 bits per heavy atom. The molecule has 0 heterocycles. The lowest BCUT2D eigenvalue weighted by Crippen LogP contribution is -2.25. The van der Waals surface area contributed by atoms with Crippen LogP contribution >= 0.6 is 15.9 Å². The molecule has 0 aliphatic heterocycles. The highest BCUT2D eigenvalue weighted by atomic mass is 79.9. The quantitative estimate of drug-likeness (QED) is 0.422. The number of hydrazone groups is 1. The van der Waals surface area contributed by atoms with E-state index in [4.69, 9.17) is 4.74 Å². The minimum Gasteiger partial charge on any atom is -0.507 e. The van der Waals surface area contributed by atoms with Gasteiger partial charge in [0.05, 0.1) is 11.1 Å². The number of nitrogens with zero attached hydrogens (tertiary/aromatic N) is 2. The summed E-state index contributed by atoms with van der Waals surface area (Å²) < 4.78 is 6.44. The van der Waals surface area contributed by atoms with Crippen LogP contribution in [-0.2, 0) is 4.79 Å². The first kappa shape index (κ1) is 19.4. The van der Waals surface area contributed by atoms with Gasteiger partial charge in [0.2, 0.25) is 0 Å². The van der Waals surface area contributed by atoms with E-state index < -0.39 is 10.8 Å². The Kier molecular flexibility index (Phi) is 6.29. The SMILES string of the molecule is Cc1cc(Br)cc(C)c1OCC(=O)NN=Cc1cc([N+](=O)[O-])ccc1O. The molecule has 0 saturated carbocycles. The number of rotatable bonds is 6. The minimum absolute atomic E-state index is 0.111. The number of phenols is 1. The zero-order chi connectivity index (χ0) is 19.3. The summed E-state index contributed by atoms with van der Waals surface area (Å²) in [4.78, 5) is 22.0. The summed E-state index contributed by atoms with van der Waals surface area (Å²) in [7, 11) is 0. The van der Waals surface area contributed by atoms with Gasteiger partial charge < -0.3 is 9.84 Å². The van der Waals surface area contributed by atoms with Gasteiger partial charge in [-0.3, -0.25) is 14.9 Å². The number of hydrogen-bond acceptors (Lipinski definition) is 6. The topological polar surface area (TPSA) is 114 Å². The van der Waals surface area contributed by atoms with Crippen molar-refractivity contribution in [3.05, 3.63) is 61.6 Å². The average Bonchev–Trinajstić information content (AvgIpc) is 2.55. The van der Waals surface area contributed by atoms with Gasteiger partial charge in [-0.05, 0) is 43.2 Å². The highest BCUT2D eigenvalue weighted by Gasteiger charge is 2.10. The number of halogens is 1. The lowest BCUT2D eigenvalue weighted by atomic mass is 10.1. The predicted octanol–water partition coefficient (Wildman–Crippen LogP) is 3.21. The molecule has 0 unspecified atom stereocenters. The van der Waals surface area contributed by atoms with Crippen LogP contribution in [0.15, 0.2) is 39.9 Å². The van der Waals surface area contributed by atoms with E-state index in [0.717, 1.165) is 27.9 Å². The van der Waals surface area contributed by atoms with Crippen LogP contribution in [0.1, 0.15) is 16.7 Å². The van der Waals surface area contributed by atoms with Crippen molar-refractivity contribution in [2.75, 3.05) is 6.61 Å². The molecule has 2 rings (SSSR count). The van der Waals surface area contributed by atoms with Gasteiger partial charge in [0.1, 0.15) is 11.5 Å². The third-order valence-electron chi connectivity index (χ3n) is 3.39. The Bertz CT molecular complexity index is 860. The van der Waals surface area contributed by atoms with Gasteiger partial charge in [0.15, 0.2) is 6.61 Å². The second-order valence-corrected chi connectivity index (χ2v) is 6.37. The highest BCUT2D eigenvalue weighted by Crippen LogP contribution is 2.27. The Morgan fingerprint density at radius 1 is 1.35 bits per heavy atom. The van der Waals surface area contributed by atoms with Crippen molar-refractivity contribution in [1.82, 2.24) is 5.43 Å². The maximum absolute atomic E-state index is 11.8. The Balaban J connectivity index is 1.96. The third-order valence-corrected chi connectivity index (χ3v) is 3.85. The van der Waals surface area contributed by atoms with E-state index in [1.807, 2.05) is 26.0 Å². The van der Waals surface area contributed by atoms with E-state index in [2.05, 4.69) is 26.5 Å². The molecule has 0 bridgehead atoms. The van der Waals surface area contributed by atoms with Crippen molar-refractivity contribution in [2.45, 2.75) is 13.8 Å². The second kappa shape index (κ2) is 8.43. The molecular formula is C17H16BrN3O5. The van der Waals surface area contributed by atoms with Crippen LogP contribution in [0.25, 0.3) is 0 Å². The lowest BCUT2D eigenvalue weighted by molar-refractivity contribution is -0.384. The van der Waals surface area contributed by atoms with E-state index >= 15 is 0 Å². The number of aromatic hydroxyl groups is 1. The number of nitrogens with one attached hydrogen (secondary N) is 1. The summed E-state index contributed by atoms with van der Waals surface area (Å²) in [5.41, 5.74) is 3.93. The summed E-state index contributed by atoms with van der Waals surface area (Å²) in [5.74, 6) is -0.0810. The maximum atomic E-state index is 11.8. The van der Waals surface area contributed by atoms with Crippen molar-refractivity contribution in [3.8, 4) is 11.5 Å². The normalized spacial score (nSPS) is 10.7. The second-order valence-electron chi connectivity index (χ2n) is 5.45. The van der Waals surface area contributed by atoms with Gasteiger partial charge >= 0.3 is 0 Å². The molecule has 0 atom stereocenters. The number of carbonyl (C=O) groups is 1. The molecule has 0 spiro atoms. The molecule has 2 N–H and O–H groups in total. The van der Waals surface area contributed by atoms with E-state index in [9.17, 15) is 20.0 Å². The summed E-state index contributed by atoms with van der Waals surface area (Å²) >= 11 is 3.39. The number of ether oxygens (including phenoxy) is 1. The first-order valence-electron chi connectivity index (χ1n) is 7.47. The van der Waals surface area contributed by atoms with Crippen molar-refractivity contribution >= 4 is 33.7 Å². The number of nitro groups is 1. The molecule has 0 aliphatic carbocycles. The zero-order valence-electron chi connectivity index (χ0n) is 14.0. The van der Waals surface area contributed by atoms with Crippen LogP contribution in [0.3, 0.4) is 0 Å². The molecule has 9 heteroatoms. The van der Waals surface area contributed by atoms with Crippen LogP contribution in [0.5, 0.6) is 11.5 Å². The van der Waals surface area contributed by atoms with Crippen LogP contribution < -0.4 is 10.2 Å². The molecule has 0 saturated heterocycles. The number of phenolic OH excluding ortho intramolecular Hbond substituents is 1. The van der Waals surface area contributed by atoms with Crippen molar-refractivity contribution in [1.29, 1.82) is 0 Å². The van der Waals surface area contributed by atoms with Crippen molar-refractivity contribution in [3.63, 3.8) is 0 Å². The van der Waals surface area contributed by atoms with E-state index in [1.54, 1.807) is 0 Å². The third kappa shape index (κ3) is 5.03. The molecule has 136 valence electrons. The van der Waals surface area contributed by atoms with Crippen LogP contribution in [-0.4, -0.2) is 28.8 Å². The van der Waals surface area contributed by atoms with Crippen LogP contribution in [0.2, 0.25) is 0 Å². The van der Waals surface area contributed by atoms with Crippen LogP contribution in [0.4, 0.5) is 5.69 Å². The maximum Gasteiger partial charge on any atom is 0.277 e. The van der Waals surface area contributed by atoms with Crippen molar-refractivity contribution < 1.29 is 19.6 Å². The van der Waals surface area contributed by atoms with Gasteiger partial charge in [0.25, 0.3) is 11.6 Å². The zero-order valence-corrected chi connectivity index (χ0v) is 15.6. The monoisotopic (exact) mass is 421 g/mol. The fraction of sp³-hybridized carbons (Fsp3) is 0.176. The van der Waals surface area contributed by atoms with E-state index in [-0.39, 0.29) is 23.6 Å². The first-order valence-corrected chi connectivity index (χ1v) is 8.26. The minimum atomic E-state index is -0.591. The number of carbonyl (C=O) groups excluding carboxylic acids is 1. The molecule has 2 aromatic rings. The Labute approximate surface area is 157 Å². The largest absolute Gasteiger partial charge is 0.507 e. The molecule has 0 aromatic heterocycles. The van der Waals surface area contributed by atoms with Gasteiger partial charge in [-0.15, -0.1) is 0 Å². The summed E-state index contributed by atoms with van der Waals surface area (Å²) in [6.45, 7) is 3.49. The molecular weight excluding hydrogens is 406 g/mol. The molecule has 2 aromatic carbocycles. The molecule has 8 nitrogen and oxygen atoms in total. The smallest absolute Gasteiger partial charge is 0.277 e. The van der Waals surface area contributed by atoms with E-state index in [1.165, 1.54) is 12.1 Å². The summed E-state index contributed by atoms with van der Waals surface area (Å²) in [6.07, 6.45) is 1.12. The Hall–Kier alpha value is -2.94. The molecule has 0 aliphatic rings. The number of benzene rings is 2. The number of hydrogen-bond donors (Lipinski definition) is 2. The fourth-order valence-electron chi connectivity index (χ4n) is 2.23. The molecule has 26 heavy (non-hydrogen) atoms. The molecule has 0 fully saturated rings. The standard InChI is InChI=1S/C17H16BrN3O5/c1-10-5-13(18)6-11(2)17(10)26-9-16(23)20-19-8-12-7-14(21(24)25)3-4-15(12)22/h3-8,22H,9H2,1-2H3,(H,20,23). The van der Waals surface area contributed by atoms with E-state index in [0.29, 0.717) is 5.75 Å². The first-order chi connectivity index (χ1) is 12.3. The average molecular weight is 422 g/mol. The number of aryl methyl sites for hydroxylation is 2. The summed E-state index contributed by atoms with van der Waals surface area (Å²) in [6, 6.07) is 7.26. The number of nitro benzene ring substituents is 1. The van der Waals surface area contributed by atoms with Crippen molar-refractivity contribution in [2.24, 2.45) is 5.10 Å². The fourth-order valence-corrected chi connectivity index (χ4v) is 2.91. The number of amides is 1. The highest BCUT2D eigenvalue weighted by molar-refractivity contribution is 9.10. The lowest BCUT2D eigenvalue weighted by Gasteiger charge is -2.11. The van der Waals surface area contributed by atoms with Gasteiger partial charge in [0, 0.05) is 22.2 Å². The molecule has 1 amide bonds.